The lowest BCUT2D eigenvalue weighted by atomic mass is 10.7. The quantitative estimate of drug-likeness (QED) is 0.214. The predicted octanol–water partition coefficient (Wildman–Crippen LogP) is 2.90. The highest BCUT2D eigenvalue weighted by atomic mass is 35.5. The molecule has 0 aliphatic heterocycles. The van der Waals surface area contributed by atoms with Crippen molar-refractivity contribution in [2.24, 2.45) is 0 Å². The molecule has 0 aromatic heterocycles. The summed E-state index contributed by atoms with van der Waals surface area (Å²) >= 11 is 5.93. The lowest BCUT2D eigenvalue weighted by molar-refractivity contribution is 0.153. The Morgan fingerprint density at radius 1 is 0.789 bits per heavy atom. The molecule has 0 fully saturated rings. The topological polar surface area (TPSA) is 27.7 Å². The Hall–Kier alpha value is -0.393. The van der Waals surface area contributed by atoms with E-state index in [0.717, 1.165) is 6.04 Å². The first-order chi connectivity index (χ1) is 9.24. The van der Waals surface area contributed by atoms with Crippen LogP contribution in [0.5, 0.6) is 0 Å². The van der Waals surface area contributed by atoms with E-state index in [0.29, 0.717) is 44.4 Å². The molecule has 5 heteroatoms. The smallest absolute Gasteiger partial charge is 0.142 e. The van der Waals surface area contributed by atoms with E-state index in [1.807, 2.05) is 0 Å². The minimum atomic E-state index is -1.85. The minimum Gasteiger partial charge on any atom is -0.380 e. The molecule has 0 spiro atoms. The standard InChI is InChI=1S/C14H25ClO3Si/c1-4-8-16-12-19(11-7-15,13-17-9-5-2)14-18-10-6-3/h4-6H,1-3,7-14H2. The van der Waals surface area contributed by atoms with E-state index < -0.39 is 8.07 Å². The van der Waals surface area contributed by atoms with Crippen LogP contribution >= 0.6 is 11.6 Å². The number of rotatable bonds is 14. The zero-order valence-corrected chi connectivity index (χ0v) is 13.4. The van der Waals surface area contributed by atoms with Gasteiger partial charge in [-0.05, 0) is 6.04 Å². The molecule has 0 saturated heterocycles. The second-order valence-corrected chi connectivity index (χ2v) is 9.09. The first kappa shape index (κ1) is 18.6. The van der Waals surface area contributed by atoms with E-state index >= 15 is 0 Å². The van der Waals surface area contributed by atoms with Crippen LogP contribution in [0, 0.1) is 0 Å². The van der Waals surface area contributed by atoms with Crippen LogP contribution < -0.4 is 0 Å². The molecule has 0 rings (SSSR count). The van der Waals surface area contributed by atoms with Crippen LogP contribution in [0.1, 0.15) is 0 Å². The average molecular weight is 305 g/mol. The van der Waals surface area contributed by atoms with Crippen molar-refractivity contribution in [1.82, 2.24) is 0 Å². The molecule has 0 heterocycles. The monoisotopic (exact) mass is 304 g/mol. The molecule has 0 saturated carbocycles. The fourth-order valence-corrected chi connectivity index (χ4v) is 5.56. The molecule has 0 radical (unpaired) electrons. The van der Waals surface area contributed by atoms with Gasteiger partial charge in [0, 0.05) is 24.6 Å². The van der Waals surface area contributed by atoms with Crippen LogP contribution in [0.25, 0.3) is 0 Å². The predicted molar refractivity (Wildman–Crippen MR) is 84.3 cm³/mol. The summed E-state index contributed by atoms with van der Waals surface area (Å²) < 4.78 is 16.9. The van der Waals surface area contributed by atoms with Crippen LogP contribution in [-0.4, -0.2) is 52.5 Å². The Labute approximate surface area is 122 Å². The van der Waals surface area contributed by atoms with Crippen molar-refractivity contribution in [1.29, 1.82) is 0 Å². The first-order valence-corrected chi connectivity index (χ1v) is 9.73. The number of halogens is 1. The molecule has 0 aromatic rings. The Balaban J connectivity index is 4.49. The van der Waals surface area contributed by atoms with Crippen LogP contribution in [0.3, 0.4) is 0 Å². The molecule has 110 valence electrons. The van der Waals surface area contributed by atoms with Crippen LogP contribution in [0.15, 0.2) is 38.0 Å². The molecule has 0 amide bonds. The number of alkyl halides is 1. The van der Waals surface area contributed by atoms with Gasteiger partial charge in [0.25, 0.3) is 0 Å². The summed E-state index contributed by atoms with van der Waals surface area (Å²) in [6.07, 6.45) is 7.24. The zero-order valence-electron chi connectivity index (χ0n) is 11.6. The van der Waals surface area contributed by atoms with E-state index in [-0.39, 0.29) is 0 Å². The van der Waals surface area contributed by atoms with Crippen molar-refractivity contribution < 1.29 is 14.2 Å². The van der Waals surface area contributed by atoms with Gasteiger partial charge in [-0.2, -0.15) is 0 Å². The van der Waals surface area contributed by atoms with Crippen molar-refractivity contribution in [3.8, 4) is 0 Å². The van der Waals surface area contributed by atoms with Gasteiger partial charge in [0.2, 0.25) is 0 Å². The summed E-state index contributed by atoms with van der Waals surface area (Å²) in [4.78, 5) is 0. The second kappa shape index (κ2) is 12.6. The Kier molecular flexibility index (Phi) is 12.4. The summed E-state index contributed by atoms with van der Waals surface area (Å²) in [6.45, 7) is 12.6. The molecule has 3 nitrogen and oxygen atoms in total. The molecule has 0 aliphatic carbocycles. The van der Waals surface area contributed by atoms with Gasteiger partial charge in [-0.15, -0.1) is 31.3 Å². The third-order valence-corrected chi connectivity index (χ3v) is 6.82. The number of hydrogen-bond donors (Lipinski definition) is 0. The van der Waals surface area contributed by atoms with Gasteiger partial charge in [0.1, 0.15) is 8.07 Å². The van der Waals surface area contributed by atoms with Gasteiger partial charge in [-0.25, -0.2) is 0 Å². The largest absolute Gasteiger partial charge is 0.380 e. The van der Waals surface area contributed by atoms with Gasteiger partial charge >= 0.3 is 0 Å². The minimum absolute atomic E-state index is 0.542. The Morgan fingerprint density at radius 2 is 1.16 bits per heavy atom. The second-order valence-electron chi connectivity index (χ2n) is 4.35. The summed E-state index contributed by atoms with van der Waals surface area (Å²) in [7, 11) is -1.85. The molecular weight excluding hydrogens is 280 g/mol. The SMILES string of the molecule is C=CCOC[Si](CCCl)(COCC=C)COCC=C. The molecule has 19 heavy (non-hydrogen) atoms. The van der Waals surface area contributed by atoms with Crippen molar-refractivity contribution in [3.63, 3.8) is 0 Å². The maximum absolute atomic E-state index is 5.93. The highest BCUT2D eigenvalue weighted by Gasteiger charge is 2.34. The highest BCUT2D eigenvalue weighted by Crippen LogP contribution is 2.14. The summed E-state index contributed by atoms with van der Waals surface area (Å²) in [5.41, 5.74) is 0. The molecule has 0 aromatic carbocycles. The molecule has 0 unspecified atom stereocenters. The van der Waals surface area contributed by atoms with Gasteiger partial charge < -0.3 is 14.2 Å². The number of hydrogen-bond acceptors (Lipinski definition) is 3. The van der Waals surface area contributed by atoms with E-state index in [2.05, 4.69) is 19.7 Å². The van der Waals surface area contributed by atoms with Crippen molar-refractivity contribution in [2.75, 3.05) is 44.4 Å². The van der Waals surface area contributed by atoms with Gasteiger partial charge in [-0.1, -0.05) is 18.2 Å². The lowest BCUT2D eigenvalue weighted by Crippen LogP contribution is -2.51. The number of ether oxygens (including phenoxy) is 3. The zero-order chi connectivity index (χ0) is 14.4. The van der Waals surface area contributed by atoms with Crippen molar-refractivity contribution in [3.05, 3.63) is 38.0 Å². The van der Waals surface area contributed by atoms with Crippen LogP contribution in [0.2, 0.25) is 6.04 Å². The van der Waals surface area contributed by atoms with E-state index in [1.54, 1.807) is 18.2 Å². The van der Waals surface area contributed by atoms with E-state index in [4.69, 9.17) is 25.8 Å². The molecule has 0 aliphatic rings. The summed E-state index contributed by atoms with van der Waals surface area (Å²) in [5.74, 6) is 0.596. The lowest BCUT2D eigenvalue weighted by Gasteiger charge is -2.30. The van der Waals surface area contributed by atoms with Gasteiger partial charge in [0.15, 0.2) is 0 Å². The first-order valence-electron chi connectivity index (χ1n) is 6.36. The van der Waals surface area contributed by atoms with Crippen molar-refractivity contribution >= 4 is 19.7 Å². The van der Waals surface area contributed by atoms with E-state index in [9.17, 15) is 0 Å². The third-order valence-electron chi connectivity index (χ3n) is 2.56. The fraction of sp³-hybridized carbons (Fsp3) is 0.571. The summed E-state index contributed by atoms with van der Waals surface area (Å²) in [5, 5.41) is 0. The van der Waals surface area contributed by atoms with E-state index in [1.165, 1.54) is 0 Å². The van der Waals surface area contributed by atoms with Crippen LogP contribution in [-0.2, 0) is 14.2 Å². The normalized spacial score (nSPS) is 11.2. The molecule has 0 N–H and O–H groups in total. The van der Waals surface area contributed by atoms with Gasteiger partial charge in [-0.3, -0.25) is 0 Å². The van der Waals surface area contributed by atoms with Crippen LogP contribution in [0.4, 0.5) is 0 Å². The molecular formula is C14H25ClO3Si. The summed E-state index contributed by atoms with van der Waals surface area (Å²) in [6, 6.07) is 0.903. The maximum Gasteiger partial charge on any atom is 0.142 e. The third kappa shape index (κ3) is 9.19. The highest BCUT2D eigenvalue weighted by molar-refractivity contribution is 6.80. The molecule has 0 atom stereocenters. The Bertz CT molecular complexity index is 223. The van der Waals surface area contributed by atoms with Gasteiger partial charge in [0.05, 0.1) is 19.8 Å². The van der Waals surface area contributed by atoms with Crippen molar-refractivity contribution in [2.45, 2.75) is 6.04 Å². The Morgan fingerprint density at radius 3 is 1.42 bits per heavy atom. The molecule has 0 bridgehead atoms. The average Bonchev–Trinajstić information content (AvgIpc) is 2.40. The fourth-order valence-electron chi connectivity index (χ4n) is 1.62. The maximum atomic E-state index is 5.93.